The van der Waals surface area contributed by atoms with Crippen molar-refractivity contribution in [2.45, 2.75) is 6.54 Å². The van der Waals surface area contributed by atoms with Crippen LogP contribution in [0.1, 0.15) is 15.9 Å². The highest BCUT2D eigenvalue weighted by molar-refractivity contribution is 6.31. The minimum atomic E-state index is -0.794. The monoisotopic (exact) mass is 335 g/mol. The molecule has 0 fully saturated rings. The van der Waals surface area contributed by atoms with Gasteiger partial charge in [-0.05, 0) is 11.6 Å². The van der Waals surface area contributed by atoms with Crippen molar-refractivity contribution >= 4 is 28.9 Å². The van der Waals surface area contributed by atoms with E-state index in [0.29, 0.717) is 10.6 Å². The number of hydrogen-bond acceptors (Lipinski definition) is 5. The lowest BCUT2D eigenvalue weighted by Crippen LogP contribution is -2.23. The molecule has 0 spiro atoms. The van der Waals surface area contributed by atoms with Gasteiger partial charge in [0.1, 0.15) is 0 Å². The summed E-state index contributed by atoms with van der Waals surface area (Å²) in [7, 11) is 0. The van der Waals surface area contributed by atoms with E-state index < -0.39 is 27.1 Å². The van der Waals surface area contributed by atoms with Crippen molar-refractivity contribution in [2.75, 3.05) is 0 Å². The first kappa shape index (κ1) is 16.4. The van der Waals surface area contributed by atoms with Gasteiger partial charge in [-0.25, -0.2) is 0 Å². The van der Waals surface area contributed by atoms with E-state index in [1.165, 1.54) is 0 Å². The van der Waals surface area contributed by atoms with Gasteiger partial charge in [-0.3, -0.25) is 25.0 Å². The summed E-state index contributed by atoms with van der Waals surface area (Å²) in [6.45, 7) is 0.0923. The van der Waals surface area contributed by atoms with Gasteiger partial charge in [-0.1, -0.05) is 29.8 Å². The Hall–Kier alpha value is -3.00. The zero-order chi connectivity index (χ0) is 17.0. The van der Waals surface area contributed by atoms with Gasteiger partial charge in [0.25, 0.3) is 17.3 Å². The molecule has 0 aliphatic carbocycles. The average Bonchev–Trinajstić information content (AvgIpc) is 2.53. The fraction of sp³-hybridized carbons (Fsp3) is 0.0714. The number of carbonyl (C=O) groups is 1. The second kappa shape index (κ2) is 6.84. The Morgan fingerprint density at radius 2 is 1.61 bits per heavy atom. The molecule has 23 heavy (non-hydrogen) atoms. The molecule has 0 radical (unpaired) electrons. The van der Waals surface area contributed by atoms with Crippen LogP contribution in [0, 0.1) is 20.2 Å². The highest BCUT2D eigenvalue weighted by Gasteiger charge is 2.19. The van der Waals surface area contributed by atoms with Crippen LogP contribution >= 0.6 is 11.6 Å². The van der Waals surface area contributed by atoms with E-state index in [9.17, 15) is 25.0 Å². The second-order valence-electron chi connectivity index (χ2n) is 4.53. The number of rotatable bonds is 5. The van der Waals surface area contributed by atoms with E-state index in [0.717, 1.165) is 18.2 Å². The van der Waals surface area contributed by atoms with Crippen molar-refractivity contribution < 1.29 is 14.6 Å². The highest BCUT2D eigenvalue weighted by Crippen LogP contribution is 2.23. The number of halogens is 1. The van der Waals surface area contributed by atoms with Crippen LogP contribution in [0.4, 0.5) is 11.4 Å². The van der Waals surface area contributed by atoms with Crippen LogP contribution in [-0.2, 0) is 6.54 Å². The largest absolute Gasteiger partial charge is 0.348 e. The lowest BCUT2D eigenvalue weighted by molar-refractivity contribution is -0.394. The number of nitro groups is 2. The van der Waals surface area contributed by atoms with Gasteiger partial charge in [-0.2, -0.15) is 0 Å². The molecular weight excluding hydrogens is 326 g/mol. The van der Waals surface area contributed by atoms with Crippen LogP contribution in [0.15, 0.2) is 42.5 Å². The molecule has 0 aliphatic heterocycles. The Kier molecular flexibility index (Phi) is 4.87. The van der Waals surface area contributed by atoms with Crippen molar-refractivity contribution in [3.05, 3.63) is 78.8 Å². The number of hydrogen-bond donors (Lipinski definition) is 1. The number of nitro benzene ring substituents is 2. The quantitative estimate of drug-likeness (QED) is 0.665. The van der Waals surface area contributed by atoms with Crippen molar-refractivity contribution in [3.8, 4) is 0 Å². The Morgan fingerprint density at radius 3 is 2.13 bits per heavy atom. The van der Waals surface area contributed by atoms with Gasteiger partial charge in [0.2, 0.25) is 0 Å². The number of non-ortho nitro benzene ring substituents is 2. The molecule has 0 saturated heterocycles. The Morgan fingerprint density at radius 1 is 1.04 bits per heavy atom. The van der Waals surface area contributed by atoms with E-state index in [4.69, 9.17) is 11.6 Å². The Bertz CT molecular complexity index is 761. The van der Waals surface area contributed by atoms with Gasteiger partial charge in [0, 0.05) is 23.7 Å². The highest BCUT2D eigenvalue weighted by atomic mass is 35.5. The van der Waals surface area contributed by atoms with E-state index in [1.54, 1.807) is 24.3 Å². The molecule has 0 atom stereocenters. The summed E-state index contributed by atoms with van der Waals surface area (Å²) in [5, 5.41) is 24.6. The molecule has 2 rings (SSSR count). The minimum absolute atomic E-state index is 0.0923. The molecule has 118 valence electrons. The fourth-order valence-electron chi connectivity index (χ4n) is 1.86. The van der Waals surface area contributed by atoms with Crippen LogP contribution in [0.5, 0.6) is 0 Å². The molecule has 0 heterocycles. The summed E-state index contributed by atoms with van der Waals surface area (Å²) in [5.41, 5.74) is -0.565. The SMILES string of the molecule is O=C(NCc1ccccc1Cl)c1cc([N+](=O)[O-])cc([N+](=O)[O-])c1. The zero-order valence-electron chi connectivity index (χ0n) is 11.6. The molecule has 0 bridgehead atoms. The predicted molar refractivity (Wildman–Crippen MR) is 82.4 cm³/mol. The molecule has 1 N–H and O–H groups in total. The molecular formula is C14H10ClN3O5. The number of carbonyl (C=O) groups excluding carboxylic acids is 1. The smallest absolute Gasteiger partial charge is 0.277 e. The van der Waals surface area contributed by atoms with Gasteiger partial charge < -0.3 is 5.32 Å². The molecule has 0 aromatic heterocycles. The summed E-state index contributed by atoms with van der Waals surface area (Å²) < 4.78 is 0. The summed E-state index contributed by atoms with van der Waals surface area (Å²) >= 11 is 5.96. The first-order valence-electron chi connectivity index (χ1n) is 6.34. The summed E-state index contributed by atoms with van der Waals surface area (Å²) in [6, 6.07) is 9.59. The molecule has 2 aromatic rings. The maximum Gasteiger partial charge on any atom is 0.277 e. The fourth-order valence-corrected chi connectivity index (χ4v) is 2.06. The van der Waals surface area contributed by atoms with Crippen molar-refractivity contribution in [1.29, 1.82) is 0 Å². The normalized spacial score (nSPS) is 10.1. The summed E-state index contributed by atoms with van der Waals surface area (Å²) in [5.74, 6) is -0.670. The van der Waals surface area contributed by atoms with Gasteiger partial charge in [0.15, 0.2) is 0 Å². The molecule has 2 aromatic carbocycles. The van der Waals surface area contributed by atoms with Crippen LogP contribution in [0.2, 0.25) is 5.02 Å². The number of nitrogens with one attached hydrogen (secondary N) is 1. The molecule has 0 saturated carbocycles. The average molecular weight is 336 g/mol. The van der Waals surface area contributed by atoms with E-state index in [2.05, 4.69) is 5.32 Å². The molecule has 9 heteroatoms. The number of nitrogens with zero attached hydrogens (tertiary/aromatic N) is 2. The van der Waals surface area contributed by atoms with Crippen LogP contribution in [0.25, 0.3) is 0 Å². The molecule has 8 nitrogen and oxygen atoms in total. The second-order valence-corrected chi connectivity index (χ2v) is 4.93. The third kappa shape index (κ3) is 4.01. The van der Waals surface area contributed by atoms with Gasteiger partial charge in [-0.15, -0.1) is 0 Å². The standard InChI is InChI=1S/C14H10ClN3O5/c15-13-4-2-1-3-9(13)8-16-14(19)10-5-11(17(20)21)7-12(6-10)18(22)23/h1-7H,8H2,(H,16,19). The van der Waals surface area contributed by atoms with E-state index in [-0.39, 0.29) is 12.1 Å². The Balaban J connectivity index is 2.23. The lowest BCUT2D eigenvalue weighted by Gasteiger charge is -2.07. The summed E-state index contributed by atoms with van der Waals surface area (Å²) in [6.07, 6.45) is 0. The third-order valence-corrected chi connectivity index (χ3v) is 3.35. The summed E-state index contributed by atoms with van der Waals surface area (Å²) in [4.78, 5) is 32.1. The minimum Gasteiger partial charge on any atom is -0.348 e. The number of benzene rings is 2. The van der Waals surface area contributed by atoms with Gasteiger partial charge in [0.05, 0.1) is 21.5 Å². The first-order valence-corrected chi connectivity index (χ1v) is 6.72. The van der Waals surface area contributed by atoms with Crippen molar-refractivity contribution in [2.24, 2.45) is 0 Å². The number of amides is 1. The predicted octanol–water partition coefficient (Wildman–Crippen LogP) is 3.09. The molecule has 1 amide bonds. The lowest BCUT2D eigenvalue weighted by atomic mass is 10.1. The maximum absolute atomic E-state index is 12.1. The maximum atomic E-state index is 12.1. The van der Waals surface area contributed by atoms with Crippen molar-refractivity contribution in [1.82, 2.24) is 5.32 Å². The van der Waals surface area contributed by atoms with Crippen molar-refractivity contribution in [3.63, 3.8) is 0 Å². The third-order valence-electron chi connectivity index (χ3n) is 2.98. The molecule has 0 unspecified atom stereocenters. The molecule has 0 aliphatic rings. The zero-order valence-corrected chi connectivity index (χ0v) is 12.3. The van der Waals surface area contributed by atoms with Gasteiger partial charge >= 0.3 is 0 Å². The van der Waals surface area contributed by atoms with E-state index >= 15 is 0 Å². The van der Waals surface area contributed by atoms with E-state index in [1.807, 2.05) is 0 Å². The topological polar surface area (TPSA) is 115 Å². The van der Waals surface area contributed by atoms with Crippen LogP contribution in [-0.4, -0.2) is 15.8 Å². The first-order chi connectivity index (χ1) is 10.9. The van der Waals surface area contributed by atoms with Crippen LogP contribution < -0.4 is 5.32 Å². The Labute approximate surface area is 135 Å². The van der Waals surface area contributed by atoms with Crippen LogP contribution in [0.3, 0.4) is 0 Å².